The molecule has 2 aliphatic carbocycles. The van der Waals surface area contributed by atoms with Gasteiger partial charge in [-0.2, -0.15) is 0 Å². The molecule has 2 N–H and O–H groups in total. The molecule has 5 heteroatoms. The quantitative estimate of drug-likeness (QED) is 0.806. The van der Waals surface area contributed by atoms with Crippen LogP contribution in [0.1, 0.15) is 44.1 Å². The largest absolute Gasteiger partial charge is 0.445 e. The second-order valence-corrected chi connectivity index (χ2v) is 6.86. The van der Waals surface area contributed by atoms with E-state index in [4.69, 9.17) is 9.84 Å². The number of hydrogen-bond acceptors (Lipinski definition) is 4. The molecule has 0 heterocycles. The molecule has 0 bridgehead atoms. The van der Waals surface area contributed by atoms with Crippen LogP contribution in [0.25, 0.3) is 0 Å². The maximum Gasteiger partial charge on any atom is 0.410 e. The highest BCUT2D eigenvalue weighted by atomic mass is 16.6. The van der Waals surface area contributed by atoms with Crippen LogP contribution in [0, 0.1) is 0 Å². The molecule has 0 radical (unpaired) electrons. The Bertz CT molecular complexity index is 511. The molecule has 2 aliphatic rings. The third kappa shape index (κ3) is 4.71. The third-order valence-electron chi connectivity index (χ3n) is 4.99. The Morgan fingerprint density at radius 1 is 1.08 bits per heavy atom. The number of aliphatic hydroxyl groups excluding tert-OH is 1. The number of nitrogens with one attached hydrogen (secondary N) is 1. The van der Waals surface area contributed by atoms with E-state index < -0.39 is 0 Å². The number of carbonyl (C=O) groups is 1. The fourth-order valence-corrected chi connectivity index (χ4v) is 3.57. The van der Waals surface area contributed by atoms with Crippen LogP contribution in [0.5, 0.6) is 0 Å². The lowest BCUT2D eigenvalue weighted by atomic mass is 9.90. The molecule has 5 nitrogen and oxygen atoms in total. The fourth-order valence-electron chi connectivity index (χ4n) is 3.57. The van der Waals surface area contributed by atoms with Crippen molar-refractivity contribution in [2.45, 2.75) is 63.3 Å². The van der Waals surface area contributed by atoms with Crippen molar-refractivity contribution in [3.05, 3.63) is 35.9 Å². The molecule has 0 spiro atoms. The lowest BCUT2D eigenvalue weighted by molar-refractivity contribution is 0.0654. The van der Waals surface area contributed by atoms with Gasteiger partial charge in [-0.25, -0.2) is 4.79 Å². The van der Waals surface area contributed by atoms with Crippen LogP contribution >= 0.6 is 0 Å². The normalized spacial score (nSPS) is 23.7. The van der Waals surface area contributed by atoms with E-state index in [1.165, 1.54) is 0 Å². The van der Waals surface area contributed by atoms with Gasteiger partial charge in [-0.1, -0.05) is 30.3 Å². The van der Waals surface area contributed by atoms with Gasteiger partial charge < -0.3 is 20.1 Å². The highest BCUT2D eigenvalue weighted by Gasteiger charge is 2.39. The van der Waals surface area contributed by atoms with Gasteiger partial charge in [0, 0.05) is 24.7 Å². The lowest BCUT2D eigenvalue weighted by Crippen LogP contribution is -2.46. The number of carbonyl (C=O) groups excluding carboxylic acids is 1. The summed E-state index contributed by atoms with van der Waals surface area (Å²) in [5.74, 6) is 0. The number of rotatable bonds is 7. The minimum atomic E-state index is -0.159. The summed E-state index contributed by atoms with van der Waals surface area (Å²) < 4.78 is 5.57. The Morgan fingerprint density at radius 2 is 1.71 bits per heavy atom. The number of ether oxygens (including phenoxy) is 1. The number of nitrogens with zero attached hydrogens (tertiary/aromatic N) is 1. The predicted molar refractivity (Wildman–Crippen MR) is 92.6 cm³/mol. The van der Waals surface area contributed by atoms with E-state index >= 15 is 0 Å². The van der Waals surface area contributed by atoms with Crippen LogP contribution in [-0.2, 0) is 11.3 Å². The summed E-state index contributed by atoms with van der Waals surface area (Å²) in [5.41, 5.74) is 1.03. The average molecular weight is 332 g/mol. The minimum absolute atomic E-state index is 0.159. The van der Waals surface area contributed by atoms with Crippen LogP contribution < -0.4 is 5.32 Å². The molecule has 0 aliphatic heterocycles. The van der Waals surface area contributed by atoms with Gasteiger partial charge in [0.2, 0.25) is 0 Å². The van der Waals surface area contributed by atoms with Crippen molar-refractivity contribution in [1.82, 2.24) is 10.2 Å². The van der Waals surface area contributed by atoms with Crippen molar-refractivity contribution in [3.8, 4) is 0 Å². The molecule has 2 fully saturated rings. The molecule has 3 rings (SSSR count). The van der Waals surface area contributed by atoms with E-state index in [-0.39, 0.29) is 12.7 Å². The number of benzene rings is 1. The standard InChI is InChI=1S/C19H28N2O3/c22-13-12-20-16-6-8-17(9-7-16)21(18-10-11-18)19(23)24-14-15-4-2-1-3-5-15/h1-5,16-18,20,22H,6-14H2. The van der Waals surface area contributed by atoms with Gasteiger partial charge in [0.05, 0.1) is 6.61 Å². The summed E-state index contributed by atoms with van der Waals surface area (Å²) >= 11 is 0. The molecule has 1 aromatic carbocycles. The third-order valence-corrected chi connectivity index (χ3v) is 4.99. The van der Waals surface area contributed by atoms with Gasteiger partial charge in [0.25, 0.3) is 0 Å². The Hall–Kier alpha value is -1.59. The minimum Gasteiger partial charge on any atom is -0.445 e. The first-order valence-electron chi connectivity index (χ1n) is 9.11. The van der Waals surface area contributed by atoms with Crippen molar-refractivity contribution in [3.63, 3.8) is 0 Å². The monoisotopic (exact) mass is 332 g/mol. The molecule has 132 valence electrons. The molecule has 2 saturated carbocycles. The van der Waals surface area contributed by atoms with E-state index in [1.807, 2.05) is 35.2 Å². The summed E-state index contributed by atoms with van der Waals surface area (Å²) in [5, 5.41) is 12.3. The average Bonchev–Trinajstić information content (AvgIpc) is 3.45. The Kier molecular flexibility index (Phi) is 6.10. The molecule has 24 heavy (non-hydrogen) atoms. The number of hydrogen-bond donors (Lipinski definition) is 2. The number of aliphatic hydroxyl groups is 1. The van der Waals surface area contributed by atoms with Crippen molar-refractivity contribution in [1.29, 1.82) is 0 Å². The molecule has 1 aromatic rings. The van der Waals surface area contributed by atoms with Crippen molar-refractivity contribution in [2.24, 2.45) is 0 Å². The van der Waals surface area contributed by atoms with Gasteiger partial charge >= 0.3 is 6.09 Å². The molecule has 0 unspecified atom stereocenters. The van der Waals surface area contributed by atoms with Crippen LogP contribution in [0.15, 0.2) is 30.3 Å². The maximum atomic E-state index is 12.6. The molecule has 0 saturated heterocycles. The van der Waals surface area contributed by atoms with E-state index in [0.29, 0.717) is 31.3 Å². The summed E-state index contributed by atoms with van der Waals surface area (Å²) in [6, 6.07) is 11.0. The summed E-state index contributed by atoms with van der Waals surface area (Å²) in [6.45, 7) is 1.18. The van der Waals surface area contributed by atoms with Gasteiger partial charge in [-0.15, -0.1) is 0 Å². The Balaban J connectivity index is 1.50. The fraction of sp³-hybridized carbons (Fsp3) is 0.632. The van der Waals surface area contributed by atoms with Crippen LogP contribution in [0.4, 0.5) is 4.79 Å². The first-order chi connectivity index (χ1) is 11.8. The number of amides is 1. The molecular weight excluding hydrogens is 304 g/mol. The molecule has 0 aromatic heterocycles. The van der Waals surface area contributed by atoms with E-state index in [1.54, 1.807) is 0 Å². The molecule has 1 amide bonds. The topological polar surface area (TPSA) is 61.8 Å². The summed E-state index contributed by atoms with van der Waals surface area (Å²) in [7, 11) is 0. The van der Waals surface area contributed by atoms with Gasteiger partial charge in [0.1, 0.15) is 6.61 Å². The summed E-state index contributed by atoms with van der Waals surface area (Å²) in [6.07, 6.45) is 6.18. The SMILES string of the molecule is O=C(OCc1ccccc1)N(C1CCC(NCCO)CC1)C1CC1. The Labute approximate surface area is 144 Å². The Morgan fingerprint density at radius 3 is 2.29 bits per heavy atom. The van der Waals surface area contributed by atoms with Gasteiger partial charge in [-0.3, -0.25) is 0 Å². The van der Waals surface area contributed by atoms with E-state index in [0.717, 1.165) is 44.1 Å². The maximum absolute atomic E-state index is 12.6. The van der Waals surface area contributed by atoms with Crippen LogP contribution in [-0.4, -0.2) is 47.4 Å². The zero-order valence-electron chi connectivity index (χ0n) is 14.2. The second kappa shape index (κ2) is 8.49. The predicted octanol–water partition coefficient (Wildman–Crippen LogP) is 2.68. The van der Waals surface area contributed by atoms with Crippen molar-refractivity contribution >= 4 is 6.09 Å². The highest BCUT2D eigenvalue weighted by Crippen LogP contribution is 2.34. The van der Waals surface area contributed by atoms with Crippen LogP contribution in [0.3, 0.4) is 0 Å². The van der Waals surface area contributed by atoms with Gasteiger partial charge in [-0.05, 0) is 44.1 Å². The second-order valence-electron chi connectivity index (χ2n) is 6.86. The zero-order valence-corrected chi connectivity index (χ0v) is 14.2. The summed E-state index contributed by atoms with van der Waals surface area (Å²) in [4.78, 5) is 14.6. The van der Waals surface area contributed by atoms with E-state index in [2.05, 4.69) is 5.32 Å². The first kappa shape index (κ1) is 17.2. The van der Waals surface area contributed by atoms with Crippen molar-refractivity contribution in [2.75, 3.05) is 13.2 Å². The van der Waals surface area contributed by atoms with Crippen molar-refractivity contribution < 1.29 is 14.6 Å². The smallest absolute Gasteiger partial charge is 0.410 e. The lowest BCUT2D eigenvalue weighted by Gasteiger charge is -2.36. The highest BCUT2D eigenvalue weighted by molar-refractivity contribution is 5.69. The molecule has 0 atom stereocenters. The molecular formula is C19H28N2O3. The van der Waals surface area contributed by atoms with Gasteiger partial charge in [0.15, 0.2) is 0 Å². The van der Waals surface area contributed by atoms with E-state index in [9.17, 15) is 4.79 Å². The first-order valence-corrected chi connectivity index (χ1v) is 9.11. The zero-order chi connectivity index (χ0) is 16.8. The van der Waals surface area contributed by atoms with Crippen LogP contribution in [0.2, 0.25) is 0 Å².